The number of hydrogen-bond acceptors (Lipinski definition) is 0. The van der Waals surface area contributed by atoms with Crippen LogP contribution in [0.2, 0.25) is 29.5 Å². The number of hydrogen-bond donors (Lipinski definition) is 0. The van der Waals surface area contributed by atoms with Gasteiger partial charge >= 0.3 is 75.9 Å². The first kappa shape index (κ1) is 11.1. The molecule has 0 saturated heterocycles. The van der Waals surface area contributed by atoms with Crippen molar-refractivity contribution >= 4 is 36.9 Å². The molecule has 0 aliphatic rings. The van der Waals surface area contributed by atoms with Gasteiger partial charge in [-0.1, -0.05) is 0 Å². The topological polar surface area (TPSA) is 0 Å². The van der Waals surface area contributed by atoms with Crippen LogP contribution in [0.25, 0.3) is 0 Å². The Kier molecular flexibility index (Phi) is 4.02. The second-order valence-corrected chi connectivity index (χ2v) is 31.1. The van der Waals surface area contributed by atoms with Crippen LogP contribution in [0.1, 0.15) is 0 Å². The van der Waals surface area contributed by atoms with Crippen LogP contribution in [0.3, 0.4) is 0 Å². The van der Waals surface area contributed by atoms with Gasteiger partial charge in [0.1, 0.15) is 0 Å². The standard InChI is InChI=1S/C5H9Si.2CH3.BrH.Sn/c1-5-6(2,3)4;;;;/h2-4H3;2*1H3;1H;/q;;;;+1/p-1. The molecule has 0 fully saturated rings. The van der Waals surface area contributed by atoms with Crippen LogP contribution < -0.4 is 0 Å². The molecular weight excluding hydrogens is 311 g/mol. The third-order valence-electron chi connectivity index (χ3n) is 0.735. The van der Waals surface area contributed by atoms with E-state index in [1.165, 1.54) is 0 Å². The van der Waals surface area contributed by atoms with E-state index in [0.717, 1.165) is 0 Å². The molecule has 10 heavy (non-hydrogen) atoms. The van der Waals surface area contributed by atoms with Crippen molar-refractivity contribution in [1.82, 2.24) is 0 Å². The van der Waals surface area contributed by atoms with Gasteiger partial charge in [-0.2, -0.15) is 0 Å². The van der Waals surface area contributed by atoms with E-state index in [0.29, 0.717) is 0 Å². The molecule has 0 aromatic carbocycles. The Hall–Kier alpha value is 1.06. The summed E-state index contributed by atoms with van der Waals surface area (Å²) in [6.45, 7) is 6.85. The first-order valence-corrected chi connectivity index (χ1v) is 20.5. The molecule has 0 aromatic rings. The van der Waals surface area contributed by atoms with Gasteiger partial charge in [-0.3, -0.25) is 0 Å². The molecule has 3 heteroatoms. The maximum absolute atomic E-state index is 3.69. The Morgan fingerprint density at radius 3 is 1.70 bits per heavy atom. The molecule has 0 aliphatic heterocycles. The summed E-state index contributed by atoms with van der Waals surface area (Å²) >= 11 is 1.76. The quantitative estimate of drug-likeness (QED) is 0.474. The van der Waals surface area contributed by atoms with Gasteiger partial charge < -0.3 is 0 Å². The van der Waals surface area contributed by atoms with E-state index >= 15 is 0 Å². The molecule has 0 rings (SSSR count). The number of rotatable bonds is 0. The van der Waals surface area contributed by atoms with Gasteiger partial charge in [0, 0.05) is 0 Å². The van der Waals surface area contributed by atoms with Gasteiger partial charge in [0.25, 0.3) is 0 Å². The minimum atomic E-state index is -1.93. The zero-order chi connectivity index (χ0) is 8.41. The molecule has 0 bridgehead atoms. The molecule has 0 radical (unpaired) electrons. The van der Waals surface area contributed by atoms with E-state index in [4.69, 9.17) is 0 Å². The maximum atomic E-state index is 3.69. The van der Waals surface area contributed by atoms with Gasteiger partial charge in [0.05, 0.1) is 0 Å². The Morgan fingerprint density at radius 1 is 1.20 bits per heavy atom. The van der Waals surface area contributed by atoms with Crippen LogP contribution in [-0.2, 0) is 0 Å². The first-order chi connectivity index (χ1) is 4.21. The fraction of sp³-hybridized carbons (Fsp3) is 0.714. The molecule has 0 atom stereocenters. The summed E-state index contributed by atoms with van der Waals surface area (Å²) in [6, 6.07) is 0. The Balaban J connectivity index is 4.19. The summed E-state index contributed by atoms with van der Waals surface area (Å²) in [5.74, 6) is 0. The van der Waals surface area contributed by atoms with Gasteiger partial charge in [-0.25, -0.2) is 0 Å². The van der Waals surface area contributed by atoms with E-state index in [-0.39, 0.29) is 0 Å². The average Bonchev–Trinajstić information content (AvgIpc) is 1.57. The normalized spacial score (nSPS) is 12.2. The number of halogens is 1. The molecule has 0 heterocycles. The van der Waals surface area contributed by atoms with Crippen molar-refractivity contribution in [3.8, 4) is 9.48 Å². The average molecular weight is 326 g/mol. The van der Waals surface area contributed by atoms with E-state index in [1.54, 1.807) is 0 Å². The Bertz CT molecular complexity index is 147. The summed E-state index contributed by atoms with van der Waals surface area (Å²) in [5, 5.41) is 0. The van der Waals surface area contributed by atoms with Gasteiger partial charge in [0.2, 0.25) is 0 Å². The van der Waals surface area contributed by atoms with E-state index in [2.05, 4.69) is 51.7 Å². The zero-order valence-electron chi connectivity index (χ0n) is 7.38. The third kappa shape index (κ3) is 9.06. The summed E-state index contributed by atoms with van der Waals surface area (Å²) in [4.78, 5) is 4.56. The Morgan fingerprint density at radius 2 is 1.60 bits per heavy atom. The first-order valence-electron chi connectivity index (χ1n) is 3.44. The monoisotopic (exact) mass is 326 g/mol. The molecule has 0 nitrogen and oxygen atoms in total. The molecule has 0 unspecified atom stereocenters. The van der Waals surface area contributed by atoms with Gasteiger partial charge in [0.15, 0.2) is 0 Å². The van der Waals surface area contributed by atoms with Crippen LogP contribution in [-0.4, -0.2) is 24.2 Å². The van der Waals surface area contributed by atoms with Crippen molar-refractivity contribution in [2.75, 3.05) is 0 Å². The predicted molar refractivity (Wildman–Crippen MR) is 57.5 cm³/mol. The second-order valence-electron chi connectivity index (χ2n) is 3.97. The van der Waals surface area contributed by atoms with Crippen LogP contribution in [0.5, 0.6) is 0 Å². The van der Waals surface area contributed by atoms with Gasteiger partial charge in [-0.05, 0) is 0 Å². The molecule has 0 saturated carbocycles. The van der Waals surface area contributed by atoms with Crippen LogP contribution >= 0.6 is 12.7 Å². The molecule has 0 spiro atoms. The molecular formula is C7H15BrSiSn. The molecule has 0 aromatic heterocycles. The third-order valence-corrected chi connectivity index (χ3v) is 5.71. The summed E-state index contributed by atoms with van der Waals surface area (Å²) in [6.07, 6.45) is 0. The van der Waals surface area contributed by atoms with Crippen LogP contribution in [0, 0.1) is 9.48 Å². The van der Waals surface area contributed by atoms with Crippen molar-refractivity contribution in [3.05, 3.63) is 0 Å². The van der Waals surface area contributed by atoms with E-state index in [9.17, 15) is 0 Å². The second kappa shape index (κ2) is 3.64. The van der Waals surface area contributed by atoms with Crippen molar-refractivity contribution < 1.29 is 0 Å². The minimum absolute atomic E-state index is 1.11. The molecule has 58 valence electrons. The van der Waals surface area contributed by atoms with Gasteiger partial charge in [-0.15, -0.1) is 0 Å². The molecule has 0 N–H and O–H groups in total. The van der Waals surface area contributed by atoms with Crippen molar-refractivity contribution in [3.63, 3.8) is 0 Å². The van der Waals surface area contributed by atoms with E-state index in [1.807, 2.05) is 0 Å². The van der Waals surface area contributed by atoms with E-state index < -0.39 is 24.2 Å². The zero-order valence-corrected chi connectivity index (χ0v) is 12.8. The fourth-order valence-corrected chi connectivity index (χ4v) is 8.76. The van der Waals surface area contributed by atoms with Crippen molar-refractivity contribution in [2.24, 2.45) is 0 Å². The fourth-order valence-electron chi connectivity index (χ4n) is 0.336. The SMILES string of the molecule is C[Si](C)(C)C#[C][Sn]([CH3])([CH3])[Br]. The molecule has 0 aliphatic carbocycles. The summed E-state index contributed by atoms with van der Waals surface area (Å²) < 4.78 is 3.40. The molecule has 0 amide bonds. The van der Waals surface area contributed by atoms with Crippen molar-refractivity contribution in [2.45, 2.75) is 29.5 Å². The van der Waals surface area contributed by atoms with Crippen molar-refractivity contribution in [1.29, 1.82) is 0 Å². The van der Waals surface area contributed by atoms with Crippen LogP contribution in [0.4, 0.5) is 0 Å². The van der Waals surface area contributed by atoms with Crippen LogP contribution in [0.15, 0.2) is 0 Å². The summed E-state index contributed by atoms with van der Waals surface area (Å²) in [5.41, 5.74) is 3.40. The summed E-state index contributed by atoms with van der Waals surface area (Å²) in [7, 11) is -1.11. The Labute approximate surface area is 75.4 Å². The predicted octanol–water partition coefficient (Wildman–Crippen LogP) is 3.01.